The number of benzene rings is 1. The van der Waals surface area contributed by atoms with Gasteiger partial charge in [-0.1, -0.05) is 18.2 Å². The first kappa shape index (κ1) is 9.48. The predicted octanol–water partition coefficient (Wildman–Crippen LogP) is 2.79. The summed E-state index contributed by atoms with van der Waals surface area (Å²) in [5.74, 6) is 0. The molecule has 0 nitrogen and oxygen atoms in total. The van der Waals surface area contributed by atoms with Gasteiger partial charge in [-0.2, -0.15) is 0 Å². The molecule has 0 aliphatic heterocycles. The topological polar surface area (TPSA) is 0 Å². The van der Waals surface area contributed by atoms with Gasteiger partial charge < -0.3 is 0 Å². The molecule has 1 aromatic rings. The van der Waals surface area contributed by atoms with Crippen molar-refractivity contribution in [1.82, 2.24) is 0 Å². The second-order valence-electron chi connectivity index (χ2n) is 2.51. The van der Waals surface area contributed by atoms with Gasteiger partial charge in [-0.05, 0) is 30.2 Å². The van der Waals surface area contributed by atoms with Crippen molar-refractivity contribution in [3.05, 3.63) is 29.3 Å². The molecule has 1 rings (SSSR count). The second-order valence-corrected chi connectivity index (χ2v) is 11.5. The molecule has 0 aliphatic rings. The minimum Gasteiger partial charge on any atom is -0.106 e. The van der Waals surface area contributed by atoms with Gasteiger partial charge in [-0.25, -0.2) is 0 Å². The Morgan fingerprint density at radius 1 is 1.18 bits per heavy atom. The lowest BCUT2D eigenvalue weighted by molar-refractivity contribution is 1.37. The van der Waals surface area contributed by atoms with Crippen LogP contribution in [-0.2, 0) is 0 Å². The molecule has 59 valence electrons. The van der Waals surface area contributed by atoms with Gasteiger partial charge in [0.25, 0.3) is 0 Å². The van der Waals surface area contributed by atoms with E-state index < -0.39 is 6.04 Å². The predicted molar refractivity (Wildman–Crippen MR) is 59.2 cm³/mol. The highest BCUT2D eigenvalue weighted by atomic mass is 79.9. The van der Waals surface area contributed by atoms with Crippen molar-refractivity contribution in [2.75, 3.05) is 0 Å². The Kier molecular flexibility index (Phi) is 3.34. The van der Waals surface area contributed by atoms with Crippen molar-refractivity contribution in [2.45, 2.75) is 13.8 Å². The van der Waals surface area contributed by atoms with Gasteiger partial charge >= 0.3 is 0 Å². The first-order valence-corrected chi connectivity index (χ1v) is 9.39. The third-order valence-electron chi connectivity index (χ3n) is 1.81. The zero-order valence-corrected chi connectivity index (χ0v) is 10.7. The number of aryl methyl sites for hydroxylation is 1. The number of halogens is 2. The van der Waals surface area contributed by atoms with Crippen LogP contribution in [0.5, 0.6) is 0 Å². The summed E-state index contributed by atoms with van der Waals surface area (Å²) in [4.78, 5) is 0. The molecule has 0 atom stereocenters. The van der Waals surface area contributed by atoms with Crippen LogP contribution < -0.4 is 5.19 Å². The molecule has 0 aromatic heterocycles. The molecule has 0 heterocycles. The fraction of sp³-hybridized carbons (Fsp3) is 0.250. The molecule has 0 N–H and O–H groups in total. The molecule has 0 saturated carbocycles. The first-order chi connectivity index (χ1) is 5.13. The van der Waals surface area contributed by atoms with Crippen molar-refractivity contribution in [3.63, 3.8) is 0 Å². The lowest BCUT2D eigenvalue weighted by Gasteiger charge is -2.06. The molecule has 0 saturated heterocycles. The van der Waals surface area contributed by atoms with Crippen LogP contribution in [-0.4, -0.2) is 6.04 Å². The molecule has 0 fully saturated rings. The van der Waals surface area contributed by atoms with Gasteiger partial charge in [-0.3, -0.25) is 0 Å². The van der Waals surface area contributed by atoms with E-state index in [1.54, 1.807) is 0 Å². The molecule has 0 unspecified atom stereocenters. The maximum atomic E-state index is 3.59. The smallest absolute Gasteiger partial charge is 0.106 e. The summed E-state index contributed by atoms with van der Waals surface area (Å²) in [5.41, 5.74) is 2.76. The van der Waals surface area contributed by atoms with E-state index >= 15 is 0 Å². The van der Waals surface area contributed by atoms with Crippen molar-refractivity contribution in [2.24, 2.45) is 0 Å². The van der Waals surface area contributed by atoms with Gasteiger partial charge in [0.05, 0.1) is 0 Å². The quantitative estimate of drug-likeness (QED) is 0.552. The molecule has 1 aromatic carbocycles. The number of hydrogen-bond acceptors (Lipinski definition) is 0. The Morgan fingerprint density at radius 2 is 1.82 bits per heavy atom. The minimum absolute atomic E-state index is 0.639. The van der Waals surface area contributed by atoms with Gasteiger partial charge in [0.2, 0.25) is 6.04 Å². The third-order valence-corrected chi connectivity index (χ3v) is 5.32. The summed E-state index contributed by atoms with van der Waals surface area (Å²) in [6.45, 7) is 4.31. The summed E-state index contributed by atoms with van der Waals surface area (Å²) in [7, 11) is 0. The lowest BCUT2D eigenvalue weighted by Crippen LogP contribution is -2.20. The van der Waals surface area contributed by atoms with Crippen molar-refractivity contribution < 1.29 is 0 Å². The molecule has 0 spiro atoms. The average Bonchev–Trinajstić information content (AvgIpc) is 1.94. The Labute approximate surface area is 84.8 Å². The maximum Gasteiger partial charge on any atom is 0.249 e. The van der Waals surface area contributed by atoms with E-state index in [1.807, 2.05) is 0 Å². The summed E-state index contributed by atoms with van der Waals surface area (Å²) < 4.78 is 0. The zero-order chi connectivity index (χ0) is 8.43. The van der Waals surface area contributed by atoms with E-state index in [-0.39, 0.29) is 0 Å². The van der Waals surface area contributed by atoms with Crippen LogP contribution in [0.4, 0.5) is 0 Å². The Balaban J connectivity index is 3.17. The molecular formula is C8H9Br2Si. The van der Waals surface area contributed by atoms with E-state index in [4.69, 9.17) is 0 Å². The molecule has 11 heavy (non-hydrogen) atoms. The van der Waals surface area contributed by atoms with Crippen LogP contribution in [0, 0.1) is 13.8 Å². The second kappa shape index (κ2) is 3.87. The monoisotopic (exact) mass is 291 g/mol. The van der Waals surface area contributed by atoms with Crippen molar-refractivity contribution in [3.8, 4) is 0 Å². The SMILES string of the molecule is Cc1cccc([Si](Br)Br)c1C. The minimum atomic E-state index is -0.639. The van der Waals surface area contributed by atoms with Gasteiger partial charge in [0, 0.05) is 0 Å². The number of rotatable bonds is 1. The van der Waals surface area contributed by atoms with Gasteiger partial charge in [0.15, 0.2) is 0 Å². The summed E-state index contributed by atoms with van der Waals surface area (Å²) in [6.07, 6.45) is 0. The van der Waals surface area contributed by atoms with E-state index in [2.05, 4.69) is 62.6 Å². The summed E-state index contributed by atoms with van der Waals surface area (Å²) in [5, 5.41) is 1.41. The zero-order valence-electron chi connectivity index (χ0n) is 6.49. The lowest BCUT2D eigenvalue weighted by atomic mass is 10.1. The highest BCUT2D eigenvalue weighted by Crippen LogP contribution is 2.09. The Morgan fingerprint density at radius 3 is 2.27 bits per heavy atom. The normalized spacial score (nSPS) is 10.6. The van der Waals surface area contributed by atoms with Crippen LogP contribution in [0.25, 0.3) is 0 Å². The summed E-state index contributed by atoms with van der Waals surface area (Å²) >= 11 is 7.17. The Bertz CT molecular complexity index is 258. The van der Waals surface area contributed by atoms with Crippen LogP contribution in [0.2, 0.25) is 0 Å². The van der Waals surface area contributed by atoms with Crippen molar-refractivity contribution in [1.29, 1.82) is 0 Å². The molecule has 3 heteroatoms. The number of hydrogen-bond donors (Lipinski definition) is 0. The van der Waals surface area contributed by atoms with E-state index in [9.17, 15) is 0 Å². The largest absolute Gasteiger partial charge is 0.249 e. The Hall–Kier alpha value is 0.397. The van der Waals surface area contributed by atoms with E-state index in [1.165, 1.54) is 16.3 Å². The fourth-order valence-corrected chi connectivity index (χ4v) is 4.24. The van der Waals surface area contributed by atoms with Crippen molar-refractivity contribution >= 4 is 41.8 Å². The molecule has 1 radical (unpaired) electrons. The van der Waals surface area contributed by atoms with E-state index in [0.29, 0.717) is 0 Å². The van der Waals surface area contributed by atoms with E-state index in [0.717, 1.165) is 0 Å². The van der Waals surface area contributed by atoms with Gasteiger partial charge in [0.1, 0.15) is 0 Å². The van der Waals surface area contributed by atoms with Crippen LogP contribution in [0.15, 0.2) is 18.2 Å². The third kappa shape index (κ3) is 2.17. The van der Waals surface area contributed by atoms with Crippen LogP contribution in [0.3, 0.4) is 0 Å². The standard InChI is InChI=1S/C8H9Br2Si/c1-6-4-3-5-8(7(6)2)11(9)10/h3-5H,1-2H3. The summed E-state index contributed by atoms with van der Waals surface area (Å²) in [6, 6.07) is 5.77. The molecule has 0 amide bonds. The molecule has 0 bridgehead atoms. The average molecular weight is 293 g/mol. The fourth-order valence-electron chi connectivity index (χ4n) is 0.956. The van der Waals surface area contributed by atoms with Crippen LogP contribution in [0.1, 0.15) is 11.1 Å². The first-order valence-electron chi connectivity index (χ1n) is 3.37. The van der Waals surface area contributed by atoms with Gasteiger partial charge in [-0.15, -0.1) is 30.6 Å². The highest BCUT2D eigenvalue weighted by molar-refractivity contribution is 9.49. The molecule has 0 aliphatic carbocycles. The maximum absolute atomic E-state index is 3.59. The van der Waals surface area contributed by atoms with Crippen LogP contribution >= 0.6 is 30.6 Å². The molecular weight excluding hydrogens is 284 g/mol. The highest BCUT2D eigenvalue weighted by Gasteiger charge is 2.09.